The molecule has 2 aromatic rings. The van der Waals surface area contributed by atoms with E-state index in [1.807, 2.05) is 29.7 Å². The number of benzene rings is 1. The van der Waals surface area contributed by atoms with E-state index in [9.17, 15) is 0 Å². The Morgan fingerprint density at radius 1 is 1.37 bits per heavy atom. The third kappa shape index (κ3) is 2.99. The Labute approximate surface area is 125 Å². The fraction of sp³-hybridized carbons (Fsp3) is 0.385. The molecule has 0 aliphatic carbocycles. The van der Waals surface area contributed by atoms with Crippen molar-refractivity contribution in [3.05, 3.63) is 34.1 Å². The van der Waals surface area contributed by atoms with Crippen molar-refractivity contribution in [2.75, 3.05) is 13.7 Å². The maximum Gasteiger partial charge on any atom is 0.165 e. The Balaban J connectivity index is 2.49. The number of hydrogen-bond donors (Lipinski definition) is 0. The van der Waals surface area contributed by atoms with Gasteiger partial charge in [-0.1, -0.05) is 18.2 Å². The molecule has 0 radical (unpaired) electrons. The van der Waals surface area contributed by atoms with Gasteiger partial charge >= 0.3 is 0 Å². The highest BCUT2D eigenvalue weighted by Gasteiger charge is 2.15. The molecule has 0 saturated carbocycles. The van der Waals surface area contributed by atoms with E-state index in [-0.39, 0.29) is 0 Å². The predicted molar refractivity (Wildman–Crippen MR) is 79.3 cm³/mol. The molecule has 0 fully saturated rings. The maximum atomic E-state index is 5.91. The molecule has 0 N–H and O–H groups in total. The van der Waals surface area contributed by atoms with E-state index in [1.54, 1.807) is 7.11 Å². The highest BCUT2D eigenvalue weighted by Crippen LogP contribution is 2.30. The molecule has 0 spiro atoms. The van der Waals surface area contributed by atoms with Gasteiger partial charge in [0.05, 0.1) is 12.5 Å². The SMILES string of the molecule is COCCn1c(CCl)nnc1-c1cccc(C)c1Br. The van der Waals surface area contributed by atoms with E-state index in [0.29, 0.717) is 19.0 Å². The van der Waals surface area contributed by atoms with Crippen molar-refractivity contribution in [1.82, 2.24) is 14.8 Å². The summed E-state index contributed by atoms with van der Waals surface area (Å²) in [4.78, 5) is 0. The fourth-order valence-electron chi connectivity index (χ4n) is 1.87. The van der Waals surface area contributed by atoms with E-state index in [4.69, 9.17) is 16.3 Å². The van der Waals surface area contributed by atoms with Crippen LogP contribution in [0.4, 0.5) is 0 Å². The molecule has 0 amide bonds. The number of nitrogens with zero attached hydrogens (tertiary/aromatic N) is 3. The van der Waals surface area contributed by atoms with Gasteiger partial charge in [-0.3, -0.25) is 0 Å². The molecule has 0 aliphatic rings. The van der Waals surface area contributed by atoms with Crippen LogP contribution in [0.1, 0.15) is 11.4 Å². The first-order chi connectivity index (χ1) is 9.19. The summed E-state index contributed by atoms with van der Waals surface area (Å²) >= 11 is 9.51. The number of aromatic nitrogens is 3. The first-order valence-electron chi connectivity index (χ1n) is 5.91. The number of rotatable bonds is 5. The number of halogens is 2. The minimum atomic E-state index is 0.333. The first-order valence-corrected chi connectivity index (χ1v) is 7.24. The summed E-state index contributed by atoms with van der Waals surface area (Å²) in [5.74, 6) is 1.89. The van der Waals surface area contributed by atoms with Crippen molar-refractivity contribution in [2.24, 2.45) is 0 Å². The van der Waals surface area contributed by atoms with Crippen LogP contribution in [0.15, 0.2) is 22.7 Å². The van der Waals surface area contributed by atoms with E-state index in [0.717, 1.165) is 27.2 Å². The molecule has 0 atom stereocenters. The number of methoxy groups -OCH3 is 1. The van der Waals surface area contributed by atoms with Crippen LogP contribution >= 0.6 is 27.5 Å². The molecular weight excluding hydrogens is 330 g/mol. The van der Waals surface area contributed by atoms with Crippen molar-refractivity contribution < 1.29 is 4.74 Å². The highest BCUT2D eigenvalue weighted by molar-refractivity contribution is 9.10. The zero-order valence-electron chi connectivity index (χ0n) is 10.9. The van der Waals surface area contributed by atoms with Crippen LogP contribution in [0.5, 0.6) is 0 Å². The molecule has 0 saturated heterocycles. The highest BCUT2D eigenvalue weighted by atomic mass is 79.9. The van der Waals surface area contributed by atoms with Gasteiger partial charge in [-0.25, -0.2) is 0 Å². The number of hydrogen-bond acceptors (Lipinski definition) is 3. The molecule has 102 valence electrons. The topological polar surface area (TPSA) is 39.9 Å². The Kier molecular flexibility index (Phi) is 4.96. The second kappa shape index (κ2) is 6.50. The van der Waals surface area contributed by atoms with Crippen LogP contribution in [0.2, 0.25) is 0 Å². The Hall–Kier alpha value is -0.910. The largest absolute Gasteiger partial charge is 0.383 e. The molecule has 0 bridgehead atoms. The van der Waals surface area contributed by atoms with Gasteiger partial charge < -0.3 is 9.30 Å². The van der Waals surface area contributed by atoms with Gasteiger partial charge in [-0.15, -0.1) is 21.8 Å². The van der Waals surface area contributed by atoms with Gasteiger partial charge in [-0.05, 0) is 28.4 Å². The van der Waals surface area contributed by atoms with Crippen molar-refractivity contribution >= 4 is 27.5 Å². The minimum absolute atomic E-state index is 0.333. The van der Waals surface area contributed by atoms with Crippen LogP contribution in [0.3, 0.4) is 0 Å². The van der Waals surface area contributed by atoms with Crippen molar-refractivity contribution in [1.29, 1.82) is 0 Å². The molecular formula is C13H15BrClN3O. The summed E-state index contributed by atoms with van der Waals surface area (Å²) in [7, 11) is 1.67. The number of alkyl halides is 1. The van der Waals surface area contributed by atoms with Crippen LogP contribution in [-0.2, 0) is 17.2 Å². The molecule has 0 unspecified atom stereocenters. The van der Waals surface area contributed by atoms with Crippen LogP contribution in [0.25, 0.3) is 11.4 Å². The van der Waals surface area contributed by atoms with Gasteiger partial charge in [-0.2, -0.15) is 0 Å². The molecule has 19 heavy (non-hydrogen) atoms. The van der Waals surface area contributed by atoms with Crippen LogP contribution in [0, 0.1) is 6.92 Å². The van der Waals surface area contributed by atoms with E-state index < -0.39 is 0 Å². The summed E-state index contributed by atoms with van der Waals surface area (Å²) in [6.45, 7) is 3.32. The van der Waals surface area contributed by atoms with Gasteiger partial charge in [0.15, 0.2) is 5.82 Å². The smallest absolute Gasteiger partial charge is 0.165 e. The normalized spacial score (nSPS) is 10.9. The van der Waals surface area contributed by atoms with Gasteiger partial charge in [0.2, 0.25) is 0 Å². The maximum absolute atomic E-state index is 5.91. The molecule has 2 rings (SSSR count). The van der Waals surface area contributed by atoms with E-state index >= 15 is 0 Å². The van der Waals surface area contributed by atoms with Gasteiger partial charge in [0.25, 0.3) is 0 Å². The Bertz CT molecular complexity index is 571. The second-order valence-corrected chi connectivity index (χ2v) is 5.21. The molecule has 1 heterocycles. The van der Waals surface area contributed by atoms with E-state index in [1.165, 1.54) is 0 Å². The summed E-state index contributed by atoms with van der Waals surface area (Å²) in [6, 6.07) is 6.07. The zero-order valence-corrected chi connectivity index (χ0v) is 13.2. The lowest BCUT2D eigenvalue weighted by Gasteiger charge is -2.10. The van der Waals surface area contributed by atoms with Gasteiger partial charge in [0.1, 0.15) is 5.82 Å². The second-order valence-electron chi connectivity index (χ2n) is 4.15. The summed E-state index contributed by atoms with van der Waals surface area (Å²) in [5, 5.41) is 8.39. The van der Waals surface area contributed by atoms with Crippen molar-refractivity contribution in [2.45, 2.75) is 19.3 Å². The lowest BCUT2D eigenvalue weighted by Crippen LogP contribution is -2.09. The third-order valence-corrected chi connectivity index (χ3v) is 4.19. The summed E-state index contributed by atoms with van der Waals surface area (Å²) in [5.41, 5.74) is 2.17. The molecule has 1 aromatic carbocycles. The Morgan fingerprint density at radius 2 is 2.16 bits per heavy atom. The monoisotopic (exact) mass is 343 g/mol. The molecule has 6 heteroatoms. The lowest BCUT2D eigenvalue weighted by atomic mass is 10.1. The predicted octanol–water partition coefficient (Wildman–Crippen LogP) is 3.40. The van der Waals surface area contributed by atoms with Gasteiger partial charge in [0, 0.05) is 23.7 Å². The lowest BCUT2D eigenvalue weighted by molar-refractivity contribution is 0.187. The third-order valence-electron chi connectivity index (χ3n) is 2.90. The van der Waals surface area contributed by atoms with Crippen LogP contribution < -0.4 is 0 Å². The summed E-state index contributed by atoms with van der Waals surface area (Å²) < 4.78 is 8.15. The van der Waals surface area contributed by atoms with Crippen molar-refractivity contribution in [3.63, 3.8) is 0 Å². The molecule has 0 aliphatic heterocycles. The fourth-order valence-corrected chi connectivity index (χ4v) is 2.51. The zero-order chi connectivity index (χ0) is 13.8. The summed E-state index contributed by atoms with van der Waals surface area (Å²) in [6.07, 6.45) is 0. The van der Waals surface area contributed by atoms with Crippen molar-refractivity contribution in [3.8, 4) is 11.4 Å². The van der Waals surface area contributed by atoms with E-state index in [2.05, 4.69) is 26.1 Å². The Morgan fingerprint density at radius 3 is 2.84 bits per heavy atom. The average molecular weight is 345 g/mol. The number of ether oxygens (including phenoxy) is 1. The molecule has 1 aromatic heterocycles. The van der Waals surface area contributed by atoms with Crippen LogP contribution in [-0.4, -0.2) is 28.5 Å². The quantitative estimate of drug-likeness (QED) is 0.781. The first kappa shape index (κ1) is 14.5. The number of aryl methyl sites for hydroxylation is 1. The average Bonchev–Trinajstić information content (AvgIpc) is 2.82. The standard InChI is InChI=1S/C13H15BrClN3O/c1-9-4-3-5-10(12(9)14)13-17-16-11(8-15)18(13)6-7-19-2/h3-5H,6-8H2,1-2H3. The minimum Gasteiger partial charge on any atom is -0.383 e. The molecule has 4 nitrogen and oxygen atoms in total.